The first-order chi connectivity index (χ1) is 8.76. The summed E-state index contributed by atoms with van der Waals surface area (Å²) in [5.74, 6) is 0.537. The second-order valence-corrected chi connectivity index (χ2v) is 3.66. The average Bonchev–Trinajstić information content (AvgIpc) is 2.41. The van der Waals surface area contributed by atoms with Crippen molar-refractivity contribution < 1.29 is 14.3 Å². The SMILES string of the molecule is COCCCNC(=O)NCc1ccnc(OC)c1. The van der Waals surface area contributed by atoms with Gasteiger partial charge >= 0.3 is 6.03 Å². The van der Waals surface area contributed by atoms with Gasteiger partial charge in [-0.1, -0.05) is 0 Å². The highest BCUT2D eigenvalue weighted by Gasteiger charge is 2.01. The Morgan fingerprint density at radius 1 is 1.39 bits per heavy atom. The van der Waals surface area contributed by atoms with E-state index in [0.29, 0.717) is 25.6 Å². The molecular weight excluding hydrogens is 234 g/mol. The Morgan fingerprint density at radius 2 is 2.22 bits per heavy atom. The van der Waals surface area contributed by atoms with Crippen molar-refractivity contribution in [2.75, 3.05) is 27.4 Å². The van der Waals surface area contributed by atoms with E-state index in [2.05, 4.69) is 15.6 Å². The van der Waals surface area contributed by atoms with Gasteiger partial charge in [-0.2, -0.15) is 0 Å². The number of ether oxygens (including phenoxy) is 2. The highest BCUT2D eigenvalue weighted by molar-refractivity contribution is 5.73. The van der Waals surface area contributed by atoms with Gasteiger partial charge in [0.05, 0.1) is 7.11 Å². The number of rotatable bonds is 7. The monoisotopic (exact) mass is 253 g/mol. The van der Waals surface area contributed by atoms with Gasteiger partial charge in [0.15, 0.2) is 0 Å². The molecule has 0 aliphatic rings. The minimum absolute atomic E-state index is 0.193. The molecule has 0 unspecified atom stereocenters. The third-order valence-electron chi connectivity index (χ3n) is 2.27. The maximum Gasteiger partial charge on any atom is 0.315 e. The molecule has 0 radical (unpaired) electrons. The van der Waals surface area contributed by atoms with E-state index in [1.54, 1.807) is 26.5 Å². The molecule has 1 heterocycles. The number of carbonyl (C=O) groups excluding carboxylic acids is 1. The van der Waals surface area contributed by atoms with E-state index in [-0.39, 0.29) is 6.03 Å². The summed E-state index contributed by atoms with van der Waals surface area (Å²) in [7, 11) is 3.19. The van der Waals surface area contributed by atoms with E-state index in [4.69, 9.17) is 9.47 Å². The fraction of sp³-hybridized carbons (Fsp3) is 0.500. The molecule has 6 heteroatoms. The zero-order chi connectivity index (χ0) is 13.2. The fourth-order valence-corrected chi connectivity index (χ4v) is 1.34. The number of pyridine rings is 1. The maximum absolute atomic E-state index is 11.4. The Labute approximate surface area is 107 Å². The molecule has 0 saturated carbocycles. The predicted molar refractivity (Wildman–Crippen MR) is 67.5 cm³/mol. The lowest BCUT2D eigenvalue weighted by Crippen LogP contribution is -2.35. The molecule has 18 heavy (non-hydrogen) atoms. The van der Waals surface area contributed by atoms with Crippen LogP contribution >= 0.6 is 0 Å². The highest BCUT2D eigenvalue weighted by atomic mass is 16.5. The summed E-state index contributed by atoms with van der Waals surface area (Å²) in [6, 6.07) is 3.42. The van der Waals surface area contributed by atoms with Crippen LogP contribution in [-0.4, -0.2) is 38.4 Å². The molecule has 1 aromatic rings. The third kappa shape index (κ3) is 5.49. The van der Waals surface area contributed by atoms with Crippen LogP contribution in [0.4, 0.5) is 4.79 Å². The summed E-state index contributed by atoms with van der Waals surface area (Å²) >= 11 is 0. The van der Waals surface area contributed by atoms with Crippen LogP contribution in [0.3, 0.4) is 0 Å². The molecule has 0 atom stereocenters. The molecule has 6 nitrogen and oxygen atoms in total. The normalized spacial score (nSPS) is 9.89. The molecule has 0 spiro atoms. The second kappa shape index (κ2) is 8.30. The smallest absolute Gasteiger partial charge is 0.315 e. The van der Waals surface area contributed by atoms with Crippen molar-refractivity contribution in [3.8, 4) is 5.88 Å². The highest BCUT2D eigenvalue weighted by Crippen LogP contribution is 2.07. The van der Waals surface area contributed by atoms with E-state index in [9.17, 15) is 4.79 Å². The standard InChI is InChI=1S/C12H19N3O3/c1-17-7-3-5-14-12(16)15-9-10-4-6-13-11(8-10)18-2/h4,6,8H,3,5,7,9H2,1-2H3,(H2,14,15,16). The molecule has 0 bridgehead atoms. The molecule has 0 aliphatic carbocycles. The Hall–Kier alpha value is -1.82. The number of hydrogen-bond donors (Lipinski definition) is 2. The van der Waals surface area contributed by atoms with Crippen molar-refractivity contribution in [1.29, 1.82) is 0 Å². The van der Waals surface area contributed by atoms with Gasteiger partial charge in [0.2, 0.25) is 5.88 Å². The van der Waals surface area contributed by atoms with Crippen LogP contribution in [0.2, 0.25) is 0 Å². The molecular formula is C12H19N3O3. The van der Waals surface area contributed by atoms with Gasteiger partial charge < -0.3 is 20.1 Å². The predicted octanol–water partition coefficient (Wildman–Crippen LogP) is 0.926. The first-order valence-electron chi connectivity index (χ1n) is 5.76. The van der Waals surface area contributed by atoms with Gasteiger partial charge in [0.1, 0.15) is 0 Å². The summed E-state index contributed by atoms with van der Waals surface area (Å²) in [5, 5.41) is 5.49. The largest absolute Gasteiger partial charge is 0.481 e. The lowest BCUT2D eigenvalue weighted by molar-refractivity contribution is 0.193. The third-order valence-corrected chi connectivity index (χ3v) is 2.27. The fourth-order valence-electron chi connectivity index (χ4n) is 1.34. The van der Waals surface area contributed by atoms with Crippen molar-refractivity contribution in [2.45, 2.75) is 13.0 Å². The maximum atomic E-state index is 11.4. The molecule has 1 aromatic heterocycles. The first kappa shape index (κ1) is 14.2. The van der Waals surface area contributed by atoms with E-state index in [0.717, 1.165) is 12.0 Å². The lowest BCUT2D eigenvalue weighted by Gasteiger charge is -2.08. The van der Waals surface area contributed by atoms with Crippen molar-refractivity contribution in [1.82, 2.24) is 15.6 Å². The van der Waals surface area contributed by atoms with Gasteiger partial charge in [-0.3, -0.25) is 0 Å². The molecule has 0 saturated heterocycles. The number of carbonyl (C=O) groups is 1. The quantitative estimate of drug-likeness (QED) is 0.709. The number of methoxy groups -OCH3 is 2. The first-order valence-corrected chi connectivity index (χ1v) is 5.76. The Balaban J connectivity index is 2.24. The number of nitrogens with zero attached hydrogens (tertiary/aromatic N) is 1. The van der Waals surface area contributed by atoms with Crippen molar-refractivity contribution in [3.63, 3.8) is 0 Å². The van der Waals surface area contributed by atoms with Crippen LogP contribution in [0, 0.1) is 0 Å². The van der Waals surface area contributed by atoms with Crippen molar-refractivity contribution in [3.05, 3.63) is 23.9 Å². The zero-order valence-corrected chi connectivity index (χ0v) is 10.7. The lowest BCUT2D eigenvalue weighted by atomic mass is 10.2. The Morgan fingerprint density at radius 3 is 2.94 bits per heavy atom. The second-order valence-electron chi connectivity index (χ2n) is 3.66. The van der Waals surface area contributed by atoms with Gasteiger partial charge in [-0.25, -0.2) is 9.78 Å². The van der Waals surface area contributed by atoms with E-state index in [1.807, 2.05) is 6.07 Å². The molecule has 100 valence electrons. The molecule has 2 N–H and O–H groups in total. The van der Waals surface area contributed by atoms with Crippen LogP contribution in [0.25, 0.3) is 0 Å². The van der Waals surface area contributed by atoms with E-state index in [1.165, 1.54) is 0 Å². The number of aromatic nitrogens is 1. The number of urea groups is 1. The van der Waals surface area contributed by atoms with Gasteiger partial charge in [0, 0.05) is 39.1 Å². The number of nitrogens with one attached hydrogen (secondary N) is 2. The van der Waals surface area contributed by atoms with Gasteiger partial charge in [-0.15, -0.1) is 0 Å². The van der Waals surface area contributed by atoms with Crippen LogP contribution in [0.5, 0.6) is 5.88 Å². The van der Waals surface area contributed by atoms with Crippen LogP contribution in [-0.2, 0) is 11.3 Å². The molecule has 2 amide bonds. The average molecular weight is 253 g/mol. The summed E-state index contributed by atoms with van der Waals surface area (Å²) in [6.07, 6.45) is 2.44. The minimum atomic E-state index is -0.193. The van der Waals surface area contributed by atoms with Crippen LogP contribution in [0.1, 0.15) is 12.0 Å². The number of hydrogen-bond acceptors (Lipinski definition) is 4. The number of amides is 2. The summed E-state index contributed by atoms with van der Waals surface area (Å²) < 4.78 is 9.89. The molecule has 0 aromatic carbocycles. The summed E-state index contributed by atoms with van der Waals surface area (Å²) in [6.45, 7) is 1.68. The van der Waals surface area contributed by atoms with Gasteiger partial charge in [-0.05, 0) is 18.1 Å². The zero-order valence-electron chi connectivity index (χ0n) is 10.7. The topological polar surface area (TPSA) is 72.5 Å². The molecule has 0 aliphatic heterocycles. The van der Waals surface area contributed by atoms with E-state index >= 15 is 0 Å². The Bertz CT molecular complexity index is 371. The van der Waals surface area contributed by atoms with Crippen LogP contribution < -0.4 is 15.4 Å². The van der Waals surface area contributed by atoms with Gasteiger partial charge in [0.25, 0.3) is 0 Å². The minimum Gasteiger partial charge on any atom is -0.481 e. The summed E-state index contributed by atoms with van der Waals surface area (Å²) in [5.41, 5.74) is 0.939. The molecule has 0 fully saturated rings. The van der Waals surface area contributed by atoms with E-state index < -0.39 is 0 Å². The molecule has 1 rings (SSSR count). The van der Waals surface area contributed by atoms with Crippen molar-refractivity contribution in [2.24, 2.45) is 0 Å². The summed E-state index contributed by atoms with van der Waals surface area (Å²) in [4.78, 5) is 15.4. The van der Waals surface area contributed by atoms with Crippen molar-refractivity contribution >= 4 is 6.03 Å². The van der Waals surface area contributed by atoms with Crippen LogP contribution in [0.15, 0.2) is 18.3 Å². The Kier molecular flexibility index (Phi) is 6.56.